The molecule has 6 heterocycles. The fourth-order valence-corrected chi connectivity index (χ4v) is 8.12. The van der Waals surface area contributed by atoms with Gasteiger partial charge in [0.05, 0.1) is 10.9 Å². The van der Waals surface area contributed by atoms with Gasteiger partial charge >= 0.3 is 6.01 Å². The summed E-state index contributed by atoms with van der Waals surface area (Å²) in [7, 11) is 1.86. The van der Waals surface area contributed by atoms with E-state index < -0.39 is 17.5 Å². The first-order chi connectivity index (χ1) is 24.7. The Kier molecular flexibility index (Phi) is 8.79. The molecule has 14 heteroatoms. The lowest BCUT2D eigenvalue weighted by molar-refractivity contribution is -0.124. The molecule has 3 aromatic heterocycles. The van der Waals surface area contributed by atoms with E-state index in [1.807, 2.05) is 43.1 Å². The van der Waals surface area contributed by atoms with Crippen molar-refractivity contribution in [1.29, 1.82) is 0 Å². The molecule has 2 aromatic carbocycles. The second-order valence-electron chi connectivity index (χ2n) is 13.6. The molecule has 11 nitrogen and oxygen atoms in total. The topological polar surface area (TPSA) is 114 Å². The Labute approximate surface area is 298 Å². The molecule has 0 spiro atoms. The maximum absolute atomic E-state index is 16.8. The van der Waals surface area contributed by atoms with Crippen molar-refractivity contribution in [1.82, 2.24) is 34.9 Å². The van der Waals surface area contributed by atoms with Crippen molar-refractivity contribution < 1.29 is 22.8 Å². The molecule has 3 fully saturated rings. The summed E-state index contributed by atoms with van der Waals surface area (Å²) in [5.74, 6) is 0.444. The Morgan fingerprint density at radius 2 is 2.02 bits per heavy atom. The fraction of sp³-hybridized carbons (Fsp3) is 0.405. The minimum absolute atomic E-state index is 0.000228. The highest BCUT2D eigenvalue weighted by Gasteiger charge is 2.49. The number of aryl methyl sites for hydroxylation is 1. The standard InChI is InChI=1S/C37H37ClF2N8O3/c1-3-28-42-29(51-45-28)11-12-30(49)47-16-13-24(20-47)46(2)35-26-18-41-33(25-9-4-7-22-8-5-10-27(38)31(22)25)32(40)34(26)43-36(44-35)50-21-37-14-6-15-48(37)19-23(39)17-37/h4-5,7-12,18,23-24H,3,6,13-17,19-21H2,1-2H3/b12-11+/t23-,24-,37+/m1/s1. The lowest BCUT2D eigenvalue weighted by Crippen LogP contribution is -2.43. The number of halogens is 3. The summed E-state index contributed by atoms with van der Waals surface area (Å²) in [6.07, 6.45) is 7.03. The van der Waals surface area contributed by atoms with Crippen molar-refractivity contribution in [3.63, 3.8) is 0 Å². The third-order valence-corrected chi connectivity index (χ3v) is 10.8. The Balaban J connectivity index is 1.13. The quantitative estimate of drug-likeness (QED) is 0.162. The van der Waals surface area contributed by atoms with E-state index in [-0.39, 0.29) is 41.7 Å². The fourth-order valence-electron chi connectivity index (χ4n) is 7.84. The maximum atomic E-state index is 16.8. The van der Waals surface area contributed by atoms with Crippen LogP contribution in [-0.4, -0.2) is 98.4 Å². The van der Waals surface area contributed by atoms with Crippen LogP contribution in [0.15, 0.2) is 53.2 Å². The van der Waals surface area contributed by atoms with E-state index in [2.05, 4.69) is 25.0 Å². The molecule has 3 saturated heterocycles. The molecule has 0 unspecified atom stereocenters. The summed E-state index contributed by atoms with van der Waals surface area (Å²) in [4.78, 5) is 37.2. The Morgan fingerprint density at radius 3 is 2.84 bits per heavy atom. The van der Waals surface area contributed by atoms with Crippen LogP contribution in [0.5, 0.6) is 6.01 Å². The summed E-state index contributed by atoms with van der Waals surface area (Å²) in [5, 5.41) is 6.29. The van der Waals surface area contributed by atoms with Crippen LogP contribution in [0.4, 0.5) is 14.6 Å². The number of ether oxygens (including phenoxy) is 1. The Morgan fingerprint density at radius 1 is 1.18 bits per heavy atom. The van der Waals surface area contributed by atoms with Crippen LogP contribution in [0, 0.1) is 5.82 Å². The third-order valence-electron chi connectivity index (χ3n) is 10.5. The number of pyridine rings is 1. The van der Waals surface area contributed by atoms with Crippen LogP contribution in [0.2, 0.25) is 5.02 Å². The van der Waals surface area contributed by atoms with Crippen molar-refractivity contribution >= 4 is 51.1 Å². The highest BCUT2D eigenvalue weighted by atomic mass is 35.5. The number of anilines is 1. The number of fused-ring (bicyclic) bond motifs is 3. The molecule has 0 bridgehead atoms. The van der Waals surface area contributed by atoms with Gasteiger partial charge in [-0.05, 0) is 37.3 Å². The largest absolute Gasteiger partial charge is 0.461 e. The predicted octanol–water partition coefficient (Wildman–Crippen LogP) is 6.29. The van der Waals surface area contributed by atoms with E-state index in [1.165, 1.54) is 12.2 Å². The number of likely N-dealkylation sites (N-methyl/N-ethyl adjacent to an activating group) is 1. The van der Waals surface area contributed by atoms with E-state index in [9.17, 15) is 9.18 Å². The van der Waals surface area contributed by atoms with E-state index in [1.54, 1.807) is 23.2 Å². The molecular weight excluding hydrogens is 678 g/mol. The highest BCUT2D eigenvalue weighted by Crippen LogP contribution is 2.41. The number of rotatable bonds is 9. The highest BCUT2D eigenvalue weighted by molar-refractivity contribution is 6.36. The van der Waals surface area contributed by atoms with Gasteiger partial charge in [0.15, 0.2) is 11.6 Å². The average Bonchev–Trinajstić information content (AvgIpc) is 3.94. The molecule has 3 aliphatic rings. The van der Waals surface area contributed by atoms with E-state index in [0.29, 0.717) is 71.9 Å². The Bertz CT molecular complexity index is 2160. The Hall–Kier alpha value is -4.75. The van der Waals surface area contributed by atoms with E-state index >= 15 is 4.39 Å². The number of hydrogen-bond acceptors (Lipinski definition) is 10. The van der Waals surface area contributed by atoms with Crippen molar-refractivity contribution in [2.45, 2.75) is 56.8 Å². The minimum atomic E-state index is -0.921. The first-order valence-corrected chi connectivity index (χ1v) is 17.7. The van der Waals surface area contributed by atoms with E-state index in [4.69, 9.17) is 25.8 Å². The molecule has 0 saturated carbocycles. The normalized spacial score (nSPS) is 22.1. The zero-order valence-corrected chi connectivity index (χ0v) is 29.1. The van der Waals surface area contributed by atoms with E-state index in [0.717, 1.165) is 24.8 Å². The summed E-state index contributed by atoms with van der Waals surface area (Å²) in [6.45, 7) is 4.23. The number of likely N-dealkylation sites (tertiary alicyclic amines) is 1. The van der Waals surface area contributed by atoms with Gasteiger partial charge in [0.25, 0.3) is 5.89 Å². The number of amides is 1. The number of nitrogens with zero attached hydrogens (tertiary/aromatic N) is 8. The number of benzene rings is 2. The first kappa shape index (κ1) is 33.4. The summed E-state index contributed by atoms with van der Waals surface area (Å²) < 4.78 is 42.8. The predicted molar refractivity (Wildman–Crippen MR) is 190 cm³/mol. The van der Waals surface area contributed by atoms with Crippen LogP contribution >= 0.6 is 11.6 Å². The molecule has 0 radical (unpaired) electrons. The van der Waals surface area contributed by atoms with Crippen molar-refractivity contribution in [3.05, 3.63) is 71.2 Å². The monoisotopic (exact) mass is 714 g/mol. The van der Waals surface area contributed by atoms with Crippen LogP contribution in [0.25, 0.3) is 39.0 Å². The van der Waals surface area contributed by atoms with Gasteiger partial charge in [0, 0.05) is 79.9 Å². The van der Waals surface area contributed by atoms with Crippen LogP contribution in [0.3, 0.4) is 0 Å². The molecule has 5 aromatic rings. The van der Waals surface area contributed by atoms with Gasteiger partial charge in [-0.3, -0.25) is 14.7 Å². The van der Waals surface area contributed by atoms with Crippen molar-refractivity contribution in [2.75, 3.05) is 44.7 Å². The molecule has 51 heavy (non-hydrogen) atoms. The molecule has 264 valence electrons. The molecule has 0 aliphatic carbocycles. The molecule has 8 rings (SSSR count). The zero-order chi connectivity index (χ0) is 35.3. The molecule has 0 N–H and O–H groups in total. The number of hydrogen-bond donors (Lipinski definition) is 0. The average molecular weight is 715 g/mol. The van der Waals surface area contributed by atoms with Crippen molar-refractivity contribution in [2.24, 2.45) is 0 Å². The number of alkyl halides is 1. The van der Waals surface area contributed by atoms with Gasteiger partial charge in [-0.2, -0.15) is 15.0 Å². The molecule has 3 atom stereocenters. The van der Waals surface area contributed by atoms with Gasteiger partial charge in [-0.15, -0.1) is 0 Å². The smallest absolute Gasteiger partial charge is 0.319 e. The SMILES string of the molecule is CCc1noc(/C=C/C(=O)N2CC[C@@H](N(C)c3nc(OC[C@@]45CCCN4C[C@H](F)C5)nc4c(F)c(-c5cccc6cccc(Cl)c56)ncc34)C2)n1. The number of aromatic nitrogens is 5. The van der Waals surface area contributed by atoms with Gasteiger partial charge in [0.1, 0.15) is 29.8 Å². The van der Waals surface area contributed by atoms with Crippen LogP contribution in [-0.2, 0) is 11.2 Å². The lowest BCUT2D eigenvalue weighted by atomic mass is 9.95. The minimum Gasteiger partial charge on any atom is -0.461 e. The van der Waals surface area contributed by atoms with Crippen molar-refractivity contribution in [3.8, 4) is 17.3 Å². The molecule has 1 amide bonds. The number of carbonyl (C=O) groups excluding carboxylic acids is 1. The summed E-state index contributed by atoms with van der Waals surface area (Å²) in [6, 6.07) is 10.9. The number of carbonyl (C=O) groups is 1. The summed E-state index contributed by atoms with van der Waals surface area (Å²) >= 11 is 6.62. The maximum Gasteiger partial charge on any atom is 0.319 e. The second-order valence-corrected chi connectivity index (χ2v) is 14.0. The first-order valence-electron chi connectivity index (χ1n) is 17.3. The van der Waals surface area contributed by atoms with Gasteiger partial charge in [-0.25, -0.2) is 8.78 Å². The van der Waals surface area contributed by atoms with Gasteiger partial charge in [0.2, 0.25) is 5.91 Å². The lowest BCUT2D eigenvalue weighted by Gasteiger charge is -2.31. The van der Waals surface area contributed by atoms with Crippen LogP contribution < -0.4 is 9.64 Å². The van der Waals surface area contributed by atoms with Gasteiger partial charge < -0.3 is 19.1 Å². The molecular formula is C37H37ClF2N8O3. The third kappa shape index (κ3) is 6.16. The molecule has 3 aliphatic heterocycles. The zero-order valence-electron chi connectivity index (χ0n) is 28.4. The van der Waals surface area contributed by atoms with Gasteiger partial charge in [-0.1, -0.05) is 54.0 Å². The van der Waals surface area contributed by atoms with Crippen LogP contribution in [0.1, 0.15) is 44.3 Å². The second kappa shape index (κ2) is 13.4. The summed E-state index contributed by atoms with van der Waals surface area (Å²) in [5.41, 5.74) is 0.252.